The Hall–Kier alpha value is -2.22. The van der Waals surface area contributed by atoms with Gasteiger partial charge in [0.1, 0.15) is 18.2 Å². The van der Waals surface area contributed by atoms with Crippen LogP contribution in [0, 0.1) is 0 Å². The van der Waals surface area contributed by atoms with Crippen molar-refractivity contribution in [3.63, 3.8) is 0 Å². The Balaban J connectivity index is 2.62. The highest BCUT2D eigenvalue weighted by atomic mass is 32.2. The zero-order chi connectivity index (χ0) is 20.4. The minimum Gasteiger partial charge on any atom is -0.481 e. The third kappa shape index (κ3) is 9.89. The second-order valence-corrected chi connectivity index (χ2v) is 7.96. The third-order valence-corrected chi connectivity index (χ3v) is 3.99. The standard InChI is InChI=1S/C19H27NO6S/c1-19(2,3)26-18(24)20-15(9-10-27-4)17(23)25-12-14-7-5-13(6-8-14)11-16(21)22/h5-8,15H,9-12H2,1-4H3,(H,20,24)(H,21,22). The molecule has 1 unspecified atom stereocenters. The number of thioether (sulfide) groups is 1. The van der Waals surface area contributed by atoms with Gasteiger partial charge in [-0.1, -0.05) is 24.3 Å². The first-order valence-corrected chi connectivity index (χ1v) is 9.95. The molecule has 150 valence electrons. The van der Waals surface area contributed by atoms with Crippen LogP contribution in [0.4, 0.5) is 4.79 Å². The van der Waals surface area contributed by atoms with E-state index in [2.05, 4.69) is 5.32 Å². The van der Waals surface area contributed by atoms with Crippen molar-refractivity contribution in [1.82, 2.24) is 5.32 Å². The highest BCUT2D eigenvalue weighted by molar-refractivity contribution is 7.98. The first kappa shape index (κ1) is 22.8. The monoisotopic (exact) mass is 397 g/mol. The summed E-state index contributed by atoms with van der Waals surface area (Å²) in [6, 6.07) is 6.00. The number of carbonyl (C=O) groups excluding carboxylic acids is 2. The normalized spacial score (nSPS) is 12.1. The summed E-state index contributed by atoms with van der Waals surface area (Å²) in [5.41, 5.74) is 0.746. The molecule has 1 aromatic carbocycles. The summed E-state index contributed by atoms with van der Waals surface area (Å²) in [7, 11) is 0. The van der Waals surface area contributed by atoms with Gasteiger partial charge in [-0.2, -0.15) is 11.8 Å². The van der Waals surface area contributed by atoms with Crippen molar-refractivity contribution in [1.29, 1.82) is 0 Å². The molecule has 0 bridgehead atoms. The number of aliphatic carboxylic acids is 1. The molecule has 0 aliphatic rings. The quantitative estimate of drug-likeness (QED) is 0.618. The molecule has 1 aromatic rings. The van der Waals surface area contributed by atoms with Crippen LogP contribution in [0.5, 0.6) is 0 Å². The molecule has 1 rings (SSSR count). The van der Waals surface area contributed by atoms with E-state index in [1.54, 1.807) is 56.8 Å². The van der Waals surface area contributed by atoms with Gasteiger partial charge in [0, 0.05) is 0 Å². The molecule has 2 N–H and O–H groups in total. The first-order chi connectivity index (χ1) is 12.6. The Morgan fingerprint density at radius 3 is 2.26 bits per heavy atom. The van der Waals surface area contributed by atoms with Crippen molar-refractivity contribution >= 4 is 29.8 Å². The smallest absolute Gasteiger partial charge is 0.408 e. The lowest BCUT2D eigenvalue weighted by Crippen LogP contribution is -2.44. The second kappa shape index (κ2) is 10.8. The lowest BCUT2D eigenvalue weighted by molar-refractivity contribution is -0.147. The number of esters is 1. The van der Waals surface area contributed by atoms with Gasteiger partial charge in [-0.05, 0) is 50.3 Å². The average molecular weight is 397 g/mol. The number of alkyl carbamates (subject to hydrolysis) is 1. The van der Waals surface area contributed by atoms with Crippen molar-refractivity contribution < 1.29 is 29.0 Å². The van der Waals surface area contributed by atoms with Gasteiger partial charge < -0.3 is 19.9 Å². The molecule has 0 heterocycles. The number of amides is 1. The molecular weight excluding hydrogens is 370 g/mol. The Morgan fingerprint density at radius 1 is 1.15 bits per heavy atom. The highest BCUT2D eigenvalue weighted by Gasteiger charge is 2.25. The number of carboxylic acids is 1. The molecule has 0 saturated carbocycles. The zero-order valence-corrected chi connectivity index (χ0v) is 16.9. The number of ether oxygens (including phenoxy) is 2. The molecule has 1 atom stereocenters. The van der Waals surface area contributed by atoms with Crippen molar-refractivity contribution in [3.8, 4) is 0 Å². The van der Waals surface area contributed by atoms with E-state index in [1.807, 2.05) is 6.26 Å². The minimum absolute atomic E-state index is 0.0396. The number of carbonyl (C=O) groups is 3. The topological polar surface area (TPSA) is 102 Å². The SMILES string of the molecule is CSCCC(NC(=O)OC(C)(C)C)C(=O)OCc1ccc(CC(=O)O)cc1. The zero-order valence-electron chi connectivity index (χ0n) is 16.1. The summed E-state index contributed by atoms with van der Waals surface area (Å²) >= 11 is 1.56. The fraction of sp³-hybridized carbons (Fsp3) is 0.526. The van der Waals surface area contributed by atoms with Crippen molar-refractivity contribution in [2.24, 2.45) is 0 Å². The third-order valence-electron chi connectivity index (χ3n) is 3.35. The predicted molar refractivity (Wildman–Crippen MR) is 104 cm³/mol. The van der Waals surface area contributed by atoms with Crippen LogP contribution in [0.25, 0.3) is 0 Å². The number of nitrogens with one attached hydrogen (secondary N) is 1. The molecule has 0 aromatic heterocycles. The maximum Gasteiger partial charge on any atom is 0.408 e. The summed E-state index contributed by atoms with van der Waals surface area (Å²) in [6.45, 7) is 5.28. The van der Waals surface area contributed by atoms with Crippen LogP contribution < -0.4 is 5.32 Å². The van der Waals surface area contributed by atoms with Crippen LogP contribution in [0.3, 0.4) is 0 Å². The van der Waals surface area contributed by atoms with Crippen LogP contribution >= 0.6 is 11.8 Å². The number of hydrogen-bond donors (Lipinski definition) is 2. The fourth-order valence-corrected chi connectivity index (χ4v) is 2.59. The second-order valence-electron chi connectivity index (χ2n) is 6.98. The van der Waals surface area contributed by atoms with E-state index in [0.717, 1.165) is 5.56 Å². The van der Waals surface area contributed by atoms with E-state index < -0.39 is 29.7 Å². The largest absolute Gasteiger partial charge is 0.481 e. The van der Waals surface area contributed by atoms with E-state index in [4.69, 9.17) is 14.6 Å². The van der Waals surface area contributed by atoms with Gasteiger partial charge in [0.25, 0.3) is 0 Å². The number of rotatable bonds is 9. The van der Waals surface area contributed by atoms with Gasteiger partial charge in [-0.3, -0.25) is 4.79 Å². The summed E-state index contributed by atoms with van der Waals surface area (Å²) in [5.74, 6) is -0.761. The Kier molecular flexibility index (Phi) is 9.14. The maximum atomic E-state index is 12.4. The molecule has 0 aliphatic carbocycles. The Bertz CT molecular complexity index is 639. The van der Waals surface area contributed by atoms with Crippen LogP contribution in [0.2, 0.25) is 0 Å². The van der Waals surface area contributed by atoms with Gasteiger partial charge >= 0.3 is 18.0 Å². The molecule has 0 radical (unpaired) electrons. The van der Waals surface area contributed by atoms with E-state index in [-0.39, 0.29) is 13.0 Å². The Morgan fingerprint density at radius 2 is 1.74 bits per heavy atom. The van der Waals surface area contributed by atoms with E-state index in [9.17, 15) is 14.4 Å². The minimum atomic E-state index is -0.904. The molecule has 0 fully saturated rings. The van der Waals surface area contributed by atoms with Gasteiger partial charge in [0.05, 0.1) is 6.42 Å². The van der Waals surface area contributed by atoms with Crippen molar-refractivity contribution in [3.05, 3.63) is 35.4 Å². The van der Waals surface area contributed by atoms with Gasteiger partial charge in [-0.15, -0.1) is 0 Å². The maximum absolute atomic E-state index is 12.4. The van der Waals surface area contributed by atoms with Crippen LogP contribution in [0.15, 0.2) is 24.3 Å². The van der Waals surface area contributed by atoms with E-state index in [0.29, 0.717) is 17.7 Å². The van der Waals surface area contributed by atoms with Crippen molar-refractivity contribution in [2.45, 2.75) is 51.9 Å². The summed E-state index contributed by atoms with van der Waals surface area (Å²) in [5, 5.41) is 11.3. The highest BCUT2D eigenvalue weighted by Crippen LogP contribution is 2.11. The average Bonchev–Trinajstić information content (AvgIpc) is 2.55. The van der Waals surface area contributed by atoms with Crippen LogP contribution in [0.1, 0.15) is 38.3 Å². The first-order valence-electron chi connectivity index (χ1n) is 8.55. The lowest BCUT2D eigenvalue weighted by atomic mass is 10.1. The molecule has 8 heteroatoms. The van der Waals surface area contributed by atoms with E-state index in [1.165, 1.54) is 0 Å². The molecular formula is C19H27NO6S. The van der Waals surface area contributed by atoms with Crippen LogP contribution in [-0.2, 0) is 32.1 Å². The molecule has 0 spiro atoms. The van der Waals surface area contributed by atoms with Gasteiger partial charge in [0.2, 0.25) is 0 Å². The lowest BCUT2D eigenvalue weighted by Gasteiger charge is -2.22. The van der Waals surface area contributed by atoms with Gasteiger partial charge in [0.15, 0.2) is 0 Å². The predicted octanol–water partition coefficient (Wildman–Crippen LogP) is 3.00. The number of carboxylic acid groups (broad SMARTS) is 1. The van der Waals surface area contributed by atoms with Crippen molar-refractivity contribution in [2.75, 3.05) is 12.0 Å². The number of benzene rings is 1. The van der Waals surface area contributed by atoms with Gasteiger partial charge in [-0.25, -0.2) is 9.59 Å². The fourth-order valence-electron chi connectivity index (χ4n) is 2.12. The molecule has 0 saturated heterocycles. The number of hydrogen-bond acceptors (Lipinski definition) is 6. The van der Waals surface area contributed by atoms with E-state index >= 15 is 0 Å². The van der Waals surface area contributed by atoms with Crippen LogP contribution in [-0.4, -0.2) is 46.8 Å². The Labute approximate surface area is 163 Å². The molecule has 27 heavy (non-hydrogen) atoms. The molecule has 7 nitrogen and oxygen atoms in total. The summed E-state index contributed by atoms with van der Waals surface area (Å²) < 4.78 is 10.5. The summed E-state index contributed by atoms with van der Waals surface area (Å²) in [6.07, 6.45) is 1.62. The summed E-state index contributed by atoms with van der Waals surface area (Å²) in [4.78, 5) is 35.0. The molecule has 0 aliphatic heterocycles. The molecule has 1 amide bonds.